The minimum Gasteiger partial charge on any atom is -0.489 e. The van der Waals surface area contributed by atoms with E-state index in [1.807, 2.05) is 73.7 Å². The third-order valence-electron chi connectivity index (χ3n) is 5.82. The molecule has 8 nitrogen and oxygen atoms in total. The van der Waals surface area contributed by atoms with Crippen LogP contribution in [0, 0.1) is 6.92 Å². The van der Waals surface area contributed by atoms with Crippen LogP contribution < -0.4 is 15.4 Å². The van der Waals surface area contributed by atoms with E-state index in [4.69, 9.17) is 4.74 Å². The number of carbonyl (C=O) groups excluding carboxylic acids is 1. The van der Waals surface area contributed by atoms with Crippen molar-refractivity contribution < 1.29 is 9.53 Å². The number of amides is 1. The van der Waals surface area contributed by atoms with Gasteiger partial charge in [-0.1, -0.05) is 59.7 Å². The Morgan fingerprint density at radius 2 is 1.82 bits per heavy atom. The predicted molar refractivity (Wildman–Crippen MR) is 129 cm³/mol. The van der Waals surface area contributed by atoms with Gasteiger partial charge in [-0.2, -0.15) is 4.68 Å². The highest BCUT2D eigenvalue weighted by atomic mass is 16.5. The molecule has 1 unspecified atom stereocenters. The number of carbonyl (C=O) groups is 1. The molecule has 170 valence electrons. The highest BCUT2D eigenvalue weighted by Crippen LogP contribution is 2.36. The molecule has 2 N–H and O–H groups in total. The normalized spacial score (nSPS) is 14.8. The summed E-state index contributed by atoms with van der Waals surface area (Å²) in [5, 5.41) is 18.2. The van der Waals surface area contributed by atoms with Crippen LogP contribution in [0.1, 0.15) is 29.7 Å². The summed E-state index contributed by atoms with van der Waals surface area (Å²) in [5.74, 6) is 0.952. The van der Waals surface area contributed by atoms with Crippen LogP contribution in [0.4, 0.5) is 11.6 Å². The highest BCUT2D eigenvalue weighted by Gasteiger charge is 2.34. The van der Waals surface area contributed by atoms with Gasteiger partial charge in [0.15, 0.2) is 0 Å². The van der Waals surface area contributed by atoms with Crippen LogP contribution in [-0.2, 0) is 11.4 Å². The maximum atomic E-state index is 13.4. The molecule has 3 aromatic carbocycles. The van der Waals surface area contributed by atoms with E-state index in [9.17, 15) is 4.79 Å². The summed E-state index contributed by atoms with van der Waals surface area (Å²) < 4.78 is 7.72. The van der Waals surface area contributed by atoms with E-state index in [2.05, 4.69) is 45.2 Å². The summed E-state index contributed by atoms with van der Waals surface area (Å²) in [6, 6.07) is 24.7. The molecule has 1 aliphatic heterocycles. The summed E-state index contributed by atoms with van der Waals surface area (Å²) in [5.41, 5.74) is 5.07. The van der Waals surface area contributed by atoms with E-state index in [0.717, 1.165) is 11.1 Å². The molecule has 0 saturated carbocycles. The molecule has 0 spiro atoms. The van der Waals surface area contributed by atoms with Crippen molar-refractivity contribution >= 4 is 17.5 Å². The minimum absolute atomic E-state index is 0.228. The van der Waals surface area contributed by atoms with E-state index in [-0.39, 0.29) is 5.91 Å². The lowest BCUT2D eigenvalue weighted by Gasteiger charge is -2.28. The quantitative estimate of drug-likeness (QED) is 0.448. The molecule has 0 fully saturated rings. The molecule has 1 aliphatic rings. The van der Waals surface area contributed by atoms with Gasteiger partial charge >= 0.3 is 0 Å². The molecule has 0 radical (unpaired) electrons. The van der Waals surface area contributed by atoms with E-state index in [1.165, 1.54) is 5.56 Å². The van der Waals surface area contributed by atoms with Gasteiger partial charge in [-0.15, -0.1) is 0 Å². The first kappa shape index (κ1) is 21.4. The number of hydrogen-bond acceptors (Lipinski definition) is 6. The Balaban J connectivity index is 1.47. The van der Waals surface area contributed by atoms with Crippen LogP contribution in [0.15, 0.2) is 90.1 Å². The largest absolute Gasteiger partial charge is 0.489 e. The molecule has 4 aromatic rings. The fraction of sp³-hybridized carbons (Fsp3) is 0.154. The summed E-state index contributed by atoms with van der Waals surface area (Å²) in [4.78, 5) is 13.4. The van der Waals surface area contributed by atoms with Crippen molar-refractivity contribution in [1.29, 1.82) is 0 Å². The Morgan fingerprint density at radius 3 is 2.65 bits per heavy atom. The molecule has 0 saturated heterocycles. The second-order valence-corrected chi connectivity index (χ2v) is 8.12. The Labute approximate surface area is 197 Å². The average Bonchev–Trinajstić information content (AvgIpc) is 3.31. The number of benzene rings is 3. The number of rotatable bonds is 6. The SMILES string of the molecule is CC1=C(C(=O)Nc2ccccc2)C(c2cccc(OCc3ccccc3C)c2)n2nnnc2N1. The lowest BCUT2D eigenvalue weighted by Crippen LogP contribution is -2.31. The Kier molecular flexibility index (Phi) is 5.78. The zero-order valence-electron chi connectivity index (χ0n) is 18.9. The maximum Gasteiger partial charge on any atom is 0.255 e. The number of aryl methyl sites for hydroxylation is 1. The van der Waals surface area contributed by atoms with Gasteiger partial charge in [0.1, 0.15) is 18.4 Å². The number of aromatic nitrogens is 4. The first-order valence-corrected chi connectivity index (χ1v) is 11.0. The number of nitrogens with one attached hydrogen (secondary N) is 2. The molecule has 1 atom stereocenters. The van der Waals surface area contributed by atoms with Crippen molar-refractivity contribution in [2.24, 2.45) is 0 Å². The summed E-state index contributed by atoms with van der Waals surface area (Å²) in [6.45, 7) is 4.37. The zero-order chi connectivity index (χ0) is 23.5. The van der Waals surface area contributed by atoms with Crippen LogP contribution >= 0.6 is 0 Å². The molecule has 34 heavy (non-hydrogen) atoms. The molecule has 1 amide bonds. The molecule has 0 aliphatic carbocycles. The topological polar surface area (TPSA) is 94.0 Å². The Hall–Kier alpha value is -4.46. The maximum absolute atomic E-state index is 13.4. The first-order chi connectivity index (χ1) is 16.6. The minimum atomic E-state index is -0.517. The van der Waals surface area contributed by atoms with Gasteiger partial charge in [-0.3, -0.25) is 4.79 Å². The number of fused-ring (bicyclic) bond motifs is 1. The standard InChI is InChI=1S/C26H24N6O2/c1-17-9-6-7-10-20(17)16-34-22-14-8-11-19(15-22)24-23(18(2)27-26-29-30-31-32(24)26)25(33)28-21-12-4-3-5-13-21/h3-15,24H,16H2,1-2H3,(H,28,33)(H,27,29,31). The van der Waals surface area contributed by atoms with E-state index in [0.29, 0.717) is 35.3 Å². The van der Waals surface area contributed by atoms with E-state index < -0.39 is 6.04 Å². The average molecular weight is 453 g/mol. The van der Waals surface area contributed by atoms with Crippen molar-refractivity contribution in [1.82, 2.24) is 20.2 Å². The molecular weight excluding hydrogens is 428 g/mol. The Morgan fingerprint density at radius 1 is 1.03 bits per heavy atom. The third-order valence-corrected chi connectivity index (χ3v) is 5.82. The fourth-order valence-corrected chi connectivity index (χ4v) is 4.04. The Bertz CT molecular complexity index is 1360. The van der Waals surface area contributed by atoms with Gasteiger partial charge in [-0.25, -0.2) is 0 Å². The second kappa shape index (κ2) is 9.19. The monoisotopic (exact) mass is 452 g/mol. The molecule has 1 aromatic heterocycles. The van der Waals surface area contributed by atoms with Gasteiger partial charge < -0.3 is 15.4 Å². The molecular formula is C26H24N6O2. The van der Waals surface area contributed by atoms with Crippen molar-refractivity contribution in [2.75, 3.05) is 10.6 Å². The summed E-state index contributed by atoms with van der Waals surface area (Å²) in [7, 11) is 0. The van der Waals surface area contributed by atoms with Crippen molar-refractivity contribution in [3.05, 3.63) is 107 Å². The van der Waals surface area contributed by atoms with Gasteiger partial charge in [0.2, 0.25) is 5.95 Å². The smallest absolute Gasteiger partial charge is 0.255 e. The van der Waals surface area contributed by atoms with E-state index in [1.54, 1.807) is 4.68 Å². The predicted octanol–water partition coefficient (Wildman–Crippen LogP) is 4.49. The van der Waals surface area contributed by atoms with E-state index >= 15 is 0 Å². The second-order valence-electron chi connectivity index (χ2n) is 8.12. The molecule has 2 heterocycles. The highest BCUT2D eigenvalue weighted by molar-refractivity contribution is 6.06. The zero-order valence-corrected chi connectivity index (χ0v) is 18.9. The fourth-order valence-electron chi connectivity index (χ4n) is 4.04. The number of hydrogen-bond donors (Lipinski definition) is 2. The van der Waals surface area contributed by atoms with Gasteiger partial charge in [-0.05, 0) is 65.2 Å². The van der Waals surface area contributed by atoms with Crippen LogP contribution in [0.3, 0.4) is 0 Å². The number of tetrazole rings is 1. The van der Waals surface area contributed by atoms with Crippen LogP contribution in [0.2, 0.25) is 0 Å². The summed E-state index contributed by atoms with van der Waals surface area (Å²) >= 11 is 0. The number of anilines is 2. The molecule has 8 heteroatoms. The first-order valence-electron chi connectivity index (χ1n) is 11.0. The van der Waals surface area contributed by atoms with Crippen molar-refractivity contribution in [3.8, 4) is 5.75 Å². The van der Waals surface area contributed by atoms with Gasteiger partial charge in [0.05, 0.1) is 5.57 Å². The number of allylic oxidation sites excluding steroid dienone is 1. The summed E-state index contributed by atoms with van der Waals surface area (Å²) in [6.07, 6.45) is 0. The number of nitrogens with zero attached hydrogens (tertiary/aromatic N) is 4. The number of para-hydroxylation sites is 1. The van der Waals surface area contributed by atoms with Crippen molar-refractivity contribution in [3.63, 3.8) is 0 Å². The lowest BCUT2D eigenvalue weighted by molar-refractivity contribution is -0.113. The van der Waals surface area contributed by atoms with Crippen molar-refractivity contribution in [2.45, 2.75) is 26.5 Å². The van der Waals surface area contributed by atoms with Crippen LogP contribution in [-0.4, -0.2) is 26.1 Å². The van der Waals surface area contributed by atoms with Gasteiger partial charge in [0.25, 0.3) is 5.91 Å². The molecule has 0 bridgehead atoms. The van der Waals surface area contributed by atoms with Crippen LogP contribution in [0.5, 0.6) is 5.75 Å². The third kappa shape index (κ3) is 4.25. The molecule has 5 rings (SSSR count). The lowest BCUT2D eigenvalue weighted by atomic mass is 9.95. The van der Waals surface area contributed by atoms with Crippen LogP contribution in [0.25, 0.3) is 0 Å². The van der Waals surface area contributed by atoms with Gasteiger partial charge in [0, 0.05) is 11.4 Å². The number of ether oxygens (including phenoxy) is 1.